The summed E-state index contributed by atoms with van der Waals surface area (Å²) in [5.74, 6) is 0. The van der Waals surface area contributed by atoms with Crippen LogP contribution in [0.3, 0.4) is 0 Å². The molecule has 4 fully saturated rings. The van der Waals surface area contributed by atoms with Crippen LogP contribution in [0.1, 0.15) is 249 Å². The van der Waals surface area contributed by atoms with Gasteiger partial charge in [0.15, 0.2) is 0 Å². The monoisotopic (exact) mass is 925 g/mol. The van der Waals surface area contributed by atoms with Crippen molar-refractivity contribution in [3.8, 4) is 0 Å². The van der Waals surface area contributed by atoms with Crippen LogP contribution >= 0.6 is 0 Å². The molecule has 0 aromatic heterocycles. The van der Waals surface area contributed by atoms with E-state index in [0.29, 0.717) is 0 Å². The fourth-order valence-corrected chi connectivity index (χ4v) is 714. The Balaban J connectivity index is 3.39. The molecule has 4 rings (SSSR count). The molecule has 338 valence electrons. The Bertz CT molecular complexity index is 1310. The van der Waals surface area contributed by atoms with Crippen LogP contribution in [-0.2, 0) is 4.12 Å². The van der Waals surface area contributed by atoms with Crippen molar-refractivity contribution in [2.45, 2.75) is 310 Å². The molecule has 0 aromatic rings. The molecule has 9 heteroatoms. The van der Waals surface area contributed by atoms with E-state index < -0.39 is 56.4 Å². The molecule has 1 nitrogen and oxygen atoms in total. The number of hydrogen-bond acceptors (Lipinski definition) is 1. The minimum Gasteiger partial charge on any atom is -0.470 e. The van der Waals surface area contributed by atoms with Crippen LogP contribution in [0, 0.1) is 0 Å². The van der Waals surface area contributed by atoms with E-state index in [0.717, 1.165) is 0 Å². The Labute approximate surface area is 367 Å². The van der Waals surface area contributed by atoms with Gasteiger partial charge in [0, 0.05) is 0 Å². The van der Waals surface area contributed by atoms with Crippen LogP contribution < -0.4 is 0 Å². The third kappa shape index (κ3) is 4.82. The lowest BCUT2D eigenvalue weighted by Gasteiger charge is -2.84. The molecule has 0 radical (unpaired) electrons. The lowest BCUT2D eigenvalue weighted by atomic mass is 10.2. The van der Waals surface area contributed by atoms with E-state index in [-0.39, 0.29) is 60.5 Å². The van der Waals surface area contributed by atoms with E-state index in [9.17, 15) is 4.12 Å². The summed E-state index contributed by atoms with van der Waals surface area (Å²) in [5.41, 5.74) is 0. The minimum atomic E-state index is -2.47. The van der Waals surface area contributed by atoms with Gasteiger partial charge in [-0.1, -0.05) is 249 Å². The Hall–Kier alpha value is 1.70. The third-order valence-corrected chi connectivity index (χ3v) is 289. The SMILES string of the molecule is CC(C)(C)[Si](C(C)(C)C)(C(C)(C)C)[Si]12O[Si]3([Si](C(C)(C)C)(C(C)(C)C)C(C)(C)C)[Si]1([Si](C(C)(C)C)(C(C)(C)C)C(C)(C)C)[Si]23[Si](C(C)(C)C)(C(C)(C)C)C(C)(C)C. The average Bonchev–Trinajstić information content (AvgIpc) is 3.38. The molecule has 4 aliphatic rings. The average molecular weight is 926 g/mol. The Morgan fingerprint density at radius 3 is 0.386 bits per heavy atom. The van der Waals surface area contributed by atoms with Crippen molar-refractivity contribution in [3.05, 3.63) is 0 Å². The van der Waals surface area contributed by atoms with Crippen LogP contribution in [0.2, 0.25) is 60.5 Å². The zero-order chi connectivity index (χ0) is 46.7. The van der Waals surface area contributed by atoms with E-state index in [4.69, 9.17) is 0 Å². The van der Waals surface area contributed by atoms with Crippen LogP contribution in [0.15, 0.2) is 0 Å². The van der Waals surface area contributed by atoms with E-state index >= 15 is 0 Å². The molecule has 0 aliphatic carbocycles. The summed E-state index contributed by atoms with van der Waals surface area (Å²) in [4.78, 5) is 0. The first-order valence-corrected chi connectivity index (χ1v) is 48.5. The van der Waals surface area contributed by atoms with Gasteiger partial charge in [0.2, 0.25) is 0 Å². The maximum Gasteiger partial charge on any atom is 0.135 e. The summed E-state index contributed by atoms with van der Waals surface area (Å²) in [6, 6.07) is 0. The highest BCUT2D eigenvalue weighted by Gasteiger charge is 3.37. The second-order valence-electron chi connectivity index (χ2n) is 33.0. The highest BCUT2D eigenvalue weighted by atomic mass is 31.1. The van der Waals surface area contributed by atoms with Gasteiger partial charge in [-0.3, -0.25) is 0 Å². The minimum absolute atomic E-state index is 0.237. The Morgan fingerprint density at radius 2 is 0.298 bits per heavy atom. The third-order valence-electron chi connectivity index (χ3n) is 18.5. The maximum absolute atomic E-state index is 9.71. The molecule has 0 amide bonds. The molecule has 0 saturated carbocycles. The first-order valence-electron chi connectivity index (χ1n) is 23.7. The number of rotatable bonds is 4. The second kappa shape index (κ2) is 12.3. The van der Waals surface area contributed by atoms with Crippen molar-refractivity contribution in [2.24, 2.45) is 0 Å². The molecular formula is C48H108OSi8. The lowest BCUT2D eigenvalue weighted by Crippen LogP contribution is -3.08. The molecule has 0 unspecified atom stereocenters. The van der Waals surface area contributed by atoms with Crippen molar-refractivity contribution < 1.29 is 4.12 Å². The summed E-state index contributed by atoms with van der Waals surface area (Å²) >= 11 is 0. The Morgan fingerprint density at radius 1 is 0.193 bits per heavy atom. The zero-order valence-corrected chi connectivity index (χ0v) is 54.4. The highest BCUT2D eigenvalue weighted by molar-refractivity contribution is 8.82. The van der Waals surface area contributed by atoms with Gasteiger partial charge in [0.1, 0.15) is 13.7 Å². The van der Waals surface area contributed by atoms with Gasteiger partial charge in [0.25, 0.3) is 0 Å². The van der Waals surface area contributed by atoms with Crippen LogP contribution in [0.25, 0.3) is 0 Å². The van der Waals surface area contributed by atoms with Gasteiger partial charge >= 0.3 is 0 Å². The first kappa shape index (κ1) is 53.0. The zero-order valence-electron chi connectivity index (χ0n) is 46.4. The molecule has 57 heavy (non-hydrogen) atoms. The van der Waals surface area contributed by atoms with Crippen molar-refractivity contribution in [3.63, 3.8) is 0 Å². The molecule has 4 heterocycles. The maximum atomic E-state index is 9.71. The quantitative estimate of drug-likeness (QED) is 0.255. The van der Waals surface area contributed by atoms with Crippen molar-refractivity contribution in [1.82, 2.24) is 0 Å². The van der Waals surface area contributed by atoms with Gasteiger partial charge in [0.05, 0.1) is 42.7 Å². The second-order valence-corrected chi connectivity index (χ2v) is 130. The summed E-state index contributed by atoms with van der Waals surface area (Å²) in [5, 5.41) is 3.07. The highest BCUT2D eigenvalue weighted by Crippen LogP contribution is 3.06. The smallest absolute Gasteiger partial charge is 0.135 e. The molecule has 4 saturated heterocycles. The van der Waals surface area contributed by atoms with Crippen LogP contribution in [-0.4, -0.2) is 56.4 Å². The van der Waals surface area contributed by atoms with Crippen LogP contribution in [0.4, 0.5) is 0 Å². The topological polar surface area (TPSA) is 9.23 Å². The fraction of sp³-hybridized carbons (Fsp3) is 1.00. The van der Waals surface area contributed by atoms with Gasteiger partial charge in [-0.2, -0.15) is 0 Å². The normalized spacial score (nSPS) is 29.3. The van der Waals surface area contributed by atoms with Crippen molar-refractivity contribution in [1.29, 1.82) is 0 Å². The van der Waals surface area contributed by atoms with Crippen molar-refractivity contribution >= 4 is 56.4 Å². The lowest BCUT2D eigenvalue weighted by molar-refractivity contribution is 0.502. The van der Waals surface area contributed by atoms with Gasteiger partial charge in [-0.25, -0.2) is 0 Å². The van der Waals surface area contributed by atoms with Gasteiger partial charge < -0.3 is 4.12 Å². The number of hydrogen-bond donors (Lipinski definition) is 0. The molecule has 0 atom stereocenters. The van der Waals surface area contributed by atoms with E-state index in [1.165, 1.54) is 0 Å². The largest absolute Gasteiger partial charge is 0.470 e. The van der Waals surface area contributed by atoms with E-state index in [2.05, 4.69) is 249 Å². The van der Waals surface area contributed by atoms with E-state index in [1.54, 1.807) is 0 Å². The van der Waals surface area contributed by atoms with Gasteiger partial charge in [-0.05, 0) is 60.5 Å². The molecule has 0 aromatic carbocycles. The van der Waals surface area contributed by atoms with E-state index in [1.807, 2.05) is 0 Å². The predicted octanol–water partition coefficient (Wildman–Crippen LogP) is 17.9. The van der Waals surface area contributed by atoms with Gasteiger partial charge in [-0.15, -0.1) is 0 Å². The standard InChI is InChI=1S/C48H108OSi8/c1-37(2,3)50(38(4,5)6,39(7,8)9)54-49-55(51(40(10,11)12,41(13,14)15)42(16,17)18)56(54,52(43(19,20)21,44(22,23)24)45(25,26)27)57(54,55)53(46(28,29)30,47(31,32)33)48(34,35)36/h1-36H3. The molecule has 4 aliphatic heterocycles. The molecule has 0 N–H and O–H groups in total. The Kier molecular flexibility index (Phi) is 11.5. The summed E-state index contributed by atoms with van der Waals surface area (Å²) in [6.07, 6.45) is -4.52. The van der Waals surface area contributed by atoms with Crippen LogP contribution in [0.5, 0.6) is 0 Å². The fourth-order valence-electron chi connectivity index (χ4n) is 24.9. The summed E-state index contributed by atoms with van der Waals surface area (Å²) in [7, 11) is -9.59. The summed E-state index contributed by atoms with van der Waals surface area (Å²) < 4.78 is 9.71. The van der Waals surface area contributed by atoms with Crippen molar-refractivity contribution in [2.75, 3.05) is 0 Å². The summed E-state index contributed by atoms with van der Waals surface area (Å²) in [6.45, 7) is 97.4. The molecule has 2 bridgehead atoms. The predicted molar refractivity (Wildman–Crippen MR) is 284 cm³/mol. The molecular weight excluding hydrogens is 817 g/mol. The first-order chi connectivity index (χ1) is 24.0. The molecule has 0 spiro atoms.